The fourth-order valence-electron chi connectivity index (χ4n) is 2.02. The molecule has 0 aromatic rings. The highest BCUT2D eigenvalue weighted by atomic mass is 16.3. The first-order valence-electron chi connectivity index (χ1n) is 6.63. The fourth-order valence-corrected chi connectivity index (χ4v) is 2.02. The molecule has 1 heterocycles. The topological polar surface area (TPSA) is 81.7 Å². The van der Waals surface area contributed by atoms with E-state index in [4.69, 9.17) is 0 Å². The van der Waals surface area contributed by atoms with Crippen molar-refractivity contribution in [2.75, 3.05) is 13.6 Å². The number of carbonyl (C=O) groups is 2. The van der Waals surface area contributed by atoms with E-state index in [0.717, 1.165) is 0 Å². The van der Waals surface area contributed by atoms with Crippen LogP contribution >= 0.6 is 0 Å². The van der Waals surface area contributed by atoms with Gasteiger partial charge in [0.15, 0.2) is 0 Å². The normalized spacial score (nSPS) is 24.9. The molecule has 1 fully saturated rings. The number of aliphatic hydroxyl groups excluding tert-OH is 1. The number of carbonyl (C=O) groups excluding carboxylic acids is 2. The average molecular weight is 271 g/mol. The maximum absolute atomic E-state index is 12.2. The molecular formula is C13H25N3O3. The number of hydrogen-bond donors (Lipinski definition) is 3. The van der Waals surface area contributed by atoms with Crippen LogP contribution in [0.15, 0.2) is 0 Å². The van der Waals surface area contributed by atoms with Gasteiger partial charge in [-0.2, -0.15) is 0 Å². The zero-order valence-corrected chi connectivity index (χ0v) is 12.4. The van der Waals surface area contributed by atoms with Crippen molar-refractivity contribution < 1.29 is 14.7 Å². The number of rotatable bonds is 3. The van der Waals surface area contributed by atoms with Crippen molar-refractivity contribution in [3.63, 3.8) is 0 Å². The fraction of sp³-hybridized carbons (Fsp3) is 0.846. The summed E-state index contributed by atoms with van der Waals surface area (Å²) in [5, 5.41) is 15.3. The van der Waals surface area contributed by atoms with E-state index in [9.17, 15) is 14.7 Å². The molecule has 0 radical (unpaired) electrons. The predicted octanol–water partition coefficient (Wildman–Crippen LogP) is -0.324. The molecule has 6 heteroatoms. The van der Waals surface area contributed by atoms with Crippen LogP contribution in [0.1, 0.15) is 34.1 Å². The van der Waals surface area contributed by atoms with Crippen LogP contribution in [0, 0.1) is 5.41 Å². The Kier molecular flexibility index (Phi) is 4.92. The molecule has 6 nitrogen and oxygen atoms in total. The van der Waals surface area contributed by atoms with Crippen LogP contribution in [-0.4, -0.2) is 53.7 Å². The van der Waals surface area contributed by atoms with Crippen molar-refractivity contribution in [2.24, 2.45) is 5.41 Å². The van der Waals surface area contributed by atoms with E-state index in [1.54, 1.807) is 34.7 Å². The molecule has 1 aliphatic heterocycles. The van der Waals surface area contributed by atoms with Gasteiger partial charge in [-0.1, -0.05) is 20.8 Å². The SMILES string of the molecule is C[C@H](NC(=O)C(C)(C)C)C(=O)N(C)[C@@H]1CCNC1O. The highest BCUT2D eigenvalue weighted by Crippen LogP contribution is 2.15. The summed E-state index contributed by atoms with van der Waals surface area (Å²) in [5.41, 5.74) is -0.526. The van der Waals surface area contributed by atoms with Crippen LogP contribution in [0.3, 0.4) is 0 Å². The Morgan fingerprint density at radius 3 is 2.42 bits per heavy atom. The second-order valence-electron chi connectivity index (χ2n) is 6.15. The lowest BCUT2D eigenvalue weighted by molar-refractivity contribution is -0.140. The number of nitrogens with one attached hydrogen (secondary N) is 2. The Bertz CT molecular complexity index is 352. The molecule has 19 heavy (non-hydrogen) atoms. The summed E-state index contributed by atoms with van der Waals surface area (Å²) in [4.78, 5) is 25.6. The molecule has 0 spiro atoms. The van der Waals surface area contributed by atoms with Crippen LogP contribution in [0.25, 0.3) is 0 Å². The van der Waals surface area contributed by atoms with E-state index >= 15 is 0 Å². The number of aliphatic hydroxyl groups is 1. The summed E-state index contributed by atoms with van der Waals surface area (Å²) >= 11 is 0. The second kappa shape index (κ2) is 5.88. The van der Waals surface area contributed by atoms with Gasteiger partial charge in [0.2, 0.25) is 11.8 Å². The van der Waals surface area contributed by atoms with Crippen LogP contribution in [0.2, 0.25) is 0 Å². The molecule has 110 valence electrons. The third kappa shape index (κ3) is 3.91. The van der Waals surface area contributed by atoms with E-state index in [-0.39, 0.29) is 17.9 Å². The van der Waals surface area contributed by atoms with Gasteiger partial charge in [-0.15, -0.1) is 0 Å². The average Bonchev–Trinajstić information content (AvgIpc) is 2.72. The van der Waals surface area contributed by atoms with E-state index in [1.807, 2.05) is 0 Å². The molecular weight excluding hydrogens is 246 g/mol. The third-order valence-corrected chi connectivity index (χ3v) is 3.40. The van der Waals surface area contributed by atoms with Gasteiger partial charge in [0.1, 0.15) is 12.3 Å². The second-order valence-corrected chi connectivity index (χ2v) is 6.15. The highest BCUT2D eigenvalue weighted by molar-refractivity contribution is 5.89. The van der Waals surface area contributed by atoms with Crippen molar-refractivity contribution >= 4 is 11.8 Å². The number of nitrogens with zero attached hydrogens (tertiary/aromatic N) is 1. The standard InChI is InChI=1S/C13H25N3O3/c1-8(15-12(19)13(2,3)4)11(18)16(5)9-6-7-14-10(9)17/h8-10,14,17H,6-7H2,1-5H3,(H,15,19)/t8-,9+,10?/m0/s1. The summed E-state index contributed by atoms with van der Waals surface area (Å²) in [5.74, 6) is -0.350. The zero-order valence-electron chi connectivity index (χ0n) is 12.4. The van der Waals surface area contributed by atoms with Gasteiger partial charge < -0.3 is 15.3 Å². The first-order chi connectivity index (χ1) is 8.64. The number of amides is 2. The molecule has 0 aliphatic carbocycles. The van der Waals surface area contributed by atoms with Crippen molar-refractivity contribution in [3.05, 3.63) is 0 Å². The number of likely N-dealkylation sites (N-methyl/N-ethyl adjacent to an activating group) is 1. The third-order valence-electron chi connectivity index (χ3n) is 3.40. The van der Waals surface area contributed by atoms with E-state index < -0.39 is 17.7 Å². The van der Waals surface area contributed by atoms with Crippen molar-refractivity contribution in [2.45, 2.75) is 52.4 Å². The summed E-state index contributed by atoms with van der Waals surface area (Å²) in [6.45, 7) is 7.75. The molecule has 0 bridgehead atoms. The van der Waals surface area contributed by atoms with Gasteiger partial charge in [-0.25, -0.2) is 0 Å². The highest BCUT2D eigenvalue weighted by Gasteiger charge is 2.34. The lowest BCUT2D eigenvalue weighted by Crippen LogP contribution is -2.53. The predicted molar refractivity (Wildman–Crippen MR) is 72.2 cm³/mol. The van der Waals surface area contributed by atoms with Crippen LogP contribution in [0.4, 0.5) is 0 Å². The Morgan fingerprint density at radius 2 is 2.00 bits per heavy atom. The van der Waals surface area contributed by atoms with Gasteiger partial charge in [-0.3, -0.25) is 14.9 Å². The molecule has 1 saturated heterocycles. The summed E-state index contributed by atoms with van der Waals surface area (Å²) in [7, 11) is 1.66. The van der Waals surface area contributed by atoms with E-state index in [2.05, 4.69) is 10.6 Å². The Morgan fingerprint density at radius 1 is 1.42 bits per heavy atom. The Labute approximate surface area is 114 Å². The van der Waals surface area contributed by atoms with E-state index in [0.29, 0.717) is 13.0 Å². The largest absolute Gasteiger partial charge is 0.376 e. The van der Waals surface area contributed by atoms with Crippen LogP contribution in [0.5, 0.6) is 0 Å². The minimum Gasteiger partial charge on any atom is -0.376 e. The lowest BCUT2D eigenvalue weighted by Gasteiger charge is -2.30. The minimum atomic E-state index is -0.695. The first kappa shape index (κ1) is 15.9. The zero-order chi connectivity index (χ0) is 14.8. The molecule has 0 aromatic heterocycles. The first-order valence-corrected chi connectivity index (χ1v) is 6.63. The molecule has 3 N–H and O–H groups in total. The van der Waals surface area contributed by atoms with Crippen molar-refractivity contribution in [1.82, 2.24) is 15.5 Å². The Hall–Kier alpha value is -1.14. The molecule has 0 saturated carbocycles. The molecule has 2 amide bonds. The summed E-state index contributed by atoms with van der Waals surface area (Å²) in [6.07, 6.45) is 0.0167. The molecule has 1 unspecified atom stereocenters. The maximum atomic E-state index is 12.2. The lowest BCUT2D eigenvalue weighted by atomic mass is 9.95. The molecule has 1 aliphatic rings. The molecule has 3 atom stereocenters. The summed E-state index contributed by atoms with van der Waals surface area (Å²) < 4.78 is 0. The van der Waals surface area contributed by atoms with Gasteiger partial charge in [0.05, 0.1) is 6.04 Å². The van der Waals surface area contributed by atoms with E-state index in [1.165, 1.54) is 4.90 Å². The Balaban J connectivity index is 2.59. The minimum absolute atomic E-state index is 0.160. The maximum Gasteiger partial charge on any atom is 0.244 e. The van der Waals surface area contributed by atoms with Crippen molar-refractivity contribution in [1.29, 1.82) is 0 Å². The molecule has 1 rings (SSSR count). The van der Waals surface area contributed by atoms with Crippen LogP contribution < -0.4 is 10.6 Å². The van der Waals surface area contributed by atoms with Gasteiger partial charge in [0.25, 0.3) is 0 Å². The number of hydrogen-bond acceptors (Lipinski definition) is 4. The van der Waals surface area contributed by atoms with Crippen LogP contribution in [-0.2, 0) is 9.59 Å². The van der Waals surface area contributed by atoms with Gasteiger partial charge >= 0.3 is 0 Å². The summed E-state index contributed by atoms with van der Waals surface area (Å²) in [6, 6.07) is -0.828. The van der Waals surface area contributed by atoms with Gasteiger partial charge in [-0.05, 0) is 19.9 Å². The smallest absolute Gasteiger partial charge is 0.244 e. The van der Waals surface area contributed by atoms with Crippen molar-refractivity contribution in [3.8, 4) is 0 Å². The van der Waals surface area contributed by atoms with Gasteiger partial charge in [0, 0.05) is 12.5 Å². The quantitative estimate of drug-likeness (QED) is 0.657. The molecule has 0 aromatic carbocycles. The monoisotopic (exact) mass is 271 g/mol.